The molecular formula is C9H12NO2. The molecule has 1 aromatic rings. The van der Waals surface area contributed by atoms with E-state index in [1.54, 1.807) is 16.8 Å². The van der Waals surface area contributed by atoms with Crippen molar-refractivity contribution in [3.8, 4) is 5.75 Å². The summed E-state index contributed by atoms with van der Waals surface area (Å²) in [6, 6.07) is 4.36. The van der Waals surface area contributed by atoms with Crippen molar-refractivity contribution >= 4 is 0 Å². The van der Waals surface area contributed by atoms with Gasteiger partial charge in [0, 0.05) is 12.7 Å². The molecule has 3 nitrogen and oxygen atoms in total. The van der Waals surface area contributed by atoms with Gasteiger partial charge < -0.3 is 9.30 Å². The Kier molecular flexibility index (Phi) is 2.91. The first kappa shape index (κ1) is 8.84. The van der Waals surface area contributed by atoms with Gasteiger partial charge in [-0.2, -0.15) is 0 Å². The molecule has 3 heteroatoms. The average molecular weight is 166 g/mol. The van der Waals surface area contributed by atoms with Gasteiger partial charge in [-0.15, -0.1) is 0 Å². The minimum atomic E-state index is -0.136. The lowest BCUT2D eigenvalue weighted by Crippen LogP contribution is -2.17. The van der Waals surface area contributed by atoms with E-state index >= 15 is 0 Å². The summed E-state index contributed by atoms with van der Waals surface area (Å²) in [6.45, 7) is 5.02. The van der Waals surface area contributed by atoms with Crippen LogP contribution in [0.15, 0.2) is 17.1 Å². The van der Waals surface area contributed by atoms with E-state index in [0.29, 0.717) is 18.9 Å². The van der Waals surface area contributed by atoms with Crippen LogP contribution < -0.4 is 10.3 Å². The molecule has 1 radical (unpaired) electrons. The van der Waals surface area contributed by atoms with Gasteiger partial charge in [-0.25, -0.2) is 0 Å². The number of nitrogens with zero attached hydrogens (tertiary/aromatic N) is 1. The molecule has 0 amide bonds. The zero-order chi connectivity index (χ0) is 8.97. The van der Waals surface area contributed by atoms with Crippen LogP contribution in [0.1, 0.15) is 13.8 Å². The Morgan fingerprint density at radius 1 is 1.58 bits per heavy atom. The molecule has 1 aromatic heterocycles. The fourth-order valence-electron chi connectivity index (χ4n) is 0.933. The summed E-state index contributed by atoms with van der Waals surface area (Å²) < 4.78 is 6.69. The molecular weight excluding hydrogens is 154 g/mol. The molecule has 1 rings (SSSR count). The number of hydrogen-bond acceptors (Lipinski definition) is 2. The molecule has 0 saturated carbocycles. The number of ether oxygens (including phenoxy) is 1. The zero-order valence-electron chi connectivity index (χ0n) is 7.33. The topological polar surface area (TPSA) is 31.2 Å². The van der Waals surface area contributed by atoms with Gasteiger partial charge in [0.15, 0.2) is 0 Å². The third-order valence-electron chi connectivity index (χ3n) is 1.54. The van der Waals surface area contributed by atoms with Crippen molar-refractivity contribution < 1.29 is 4.74 Å². The standard InChI is InChI=1S/C9H12NO2/c1-3-10-6-5-8(12-4-2)7-9(10)11/h5-6H,3-4H2,1-2H3. The van der Waals surface area contributed by atoms with Crippen molar-refractivity contribution in [2.75, 3.05) is 6.61 Å². The van der Waals surface area contributed by atoms with Gasteiger partial charge >= 0.3 is 0 Å². The second-order valence-electron chi connectivity index (χ2n) is 2.33. The maximum atomic E-state index is 11.2. The van der Waals surface area contributed by atoms with Gasteiger partial charge in [0.05, 0.1) is 12.7 Å². The molecule has 1 heterocycles. The van der Waals surface area contributed by atoms with Crippen LogP contribution in [-0.4, -0.2) is 11.2 Å². The van der Waals surface area contributed by atoms with Gasteiger partial charge in [-0.1, -0.05) is 0 Å². The molecule has 0 unspecified atom stereocenters. The van der Waals surface area contributed by atoms with E-state index in [9.17, 15) is 4.79 Å². The molecule has 0 saturated heterocycles. The van der Waals surface area contributed by atoms with Crippen molar-refractivity contribution in [3.05, 3.63) is 28.7 Å². The van der Waals surface area contributed by atoms with Gasteiger partial charge in [-0.3, -0.25) is 4.79 Å². The largest absolute Gasteiger partial charge is 0.493 e. The number of aromatic nitrogens is 1. The highest BCUT2D eigenvalue weighted by Crippen LogP contribution is 2.03. The normalized spacial score (nSPS) is 9.83. The smallest absolute Gasteiger partial charge is 0.262 e. The first-order valence-electron chi connectivity index (χ1n) is 4.03. The van der Waals surface area contributed by atoms with E-state index in [1.807, 2.05) is 13.8 Å². The Morgan fingerprint density at radius 3 is 2.83 bits per heavy atom. The number of rotatable bonds is 3. The molecule has 0 spiro atoms. The highest BCUT2D eigenvalue weighted by Gasteiger charge is 1.96. The Balaban J connectivity index is 2.94. The fraction of sp³-hybridized carbons (Fsp3) is 0.444. The minimum absolute atomic E-state index is 0.136. The Labute approximate surface area is 71.6 Å². The summed E-state index contributed by atoms with van der Waals surface area (Å²) in [5, 5.41) is 0. The van der Waals surface area contributed by atoms with Gasteiger partial charge in [0.1, 0.15) is 5.75 Å². The van der Waals surface area contributed by atoms with Gasteiger partial charge in [0.25, 0.3) is 5.56 Å². The summed E-state index contributed by atoms with van der Waals surface area (Å²) in [7, 11) is 0. The van der Waals surface area contributed by atoms with Crippen LogP contribution in [0.3, 0.4) is 0 Å². The van der Waals surface area contributed by atoms with Crippen LogP contribution in [0, 0.1) is 6.07 Å². The fourth-order valence-corrected chi connectivity index (χ4v) is 0.933. The maximum absolute atomic E-state index is 11.2. The predicted octanol–water partition coefficient (Wildman–Crippen LogP) is 1.07. The van der Waals surface area contributed by atoms with Gasteiger partial charge in [0.2, 0.25) is 0 Å². The molecule has 0 bridgehead atoms. The Morgan fingerprint density at radius 2 is 2.33 bits per heavy atom. The maximum Gasteiger partial charge on any atom is 0.262 e. The lowest BCUT2D eigenvalue weighted by Gasteiger charge is -2.03. The van der Waals surface area contributed by atoms with Crippen LogP contribution in [0.2, 0.25) is 0 Å². The van der Waals surface area contributed by atoms with Crippen molar-refractivity contribution in [2.24, 2.45) is 0 Å². The van der Waals surface area contributed by atoms with Crippen LogP contribution in [0.25, 0.3) is 0 Å². The molecule has 65 valence electrons. The second kappa shape index (κ2) is 3.95. The van der Waals surface area contributed by atoms with Crippen molar-refractivity contribution in [1.82, 2.24) is 4.57 Å². The molecule has 0 aliphatic rings. The Hall–Kier alpha value is -1.25. The highest BCUT2D eigenvalue weighted by atomic mass is 16.5. The SMILES string of the molecule is CCOc1[c]c(=O)n(CC)cc1. The summed E-state index contributed by atoms with van der Waals surface area (Å²) >= 11 is 0. The summed E-state index contributed by atoms with van der Waals surface area (Å²) in [5.74, 6) is 0.521. The molecule has 0 aliphatic carbocycles. The molecule has 0 fully saturated rings. The first-order valence-corrected chi connectivity index (χ1v) is 4.03. The van der Waals surface area contributed by atoms with E-state index in [4.69, 9.17) is 4.74 Å². The molecule has 0 N–H and O–H groups in total. The predicted molar refractivity (Wildman–Crippen MR) is 46.4 cm³/mol. The lowest BCUT2D eigenvalue weighted by molar-refractivity contribution is 0.338. The molecule has 12 heavy (non-hydrogen) atoms. The second-order valence-corrected chi connectivity index (χ2v) is 2.33. The zero-order valence-corrected chi connectivity index (χ0v) is 7.33. The van der Waals surface area contributed by atoms with Crippen LogP contribution in [-0.2, 0) is 6.54 Å². The molecule has 0 aliphatic heterocycles. The summed E-state index contributed by atoms with van der Waals surface area (Å²) in [4.78, 5) is 11.2. The minimum Gasteiger partial charge on any atom is -0.493 e. The Bertz CT molecular complexity index is 304. The molecule has 0 atom stereocenters. The van der Waals surface area contributed by atoms with Crippen LogP contribution in [0.5, 0.6) is 5.75 Å². The van der Waals surface area contributed by atoms with E-state index in [1.165, 1.54) is 0 Å². The molecule has 0 aromatic carbocycles. The van der Waals surface area contributed by atoms with E-state index in [-0.39, 0.29) is 5.56 Å². The monoisotopic (exact) mass is 166 g/mol. The third-order valence-corrected chi connectivity index (χ3v) is 1.54. The van der Waals surface area contributed by atoms with Gasteiger partial charge in [-0.05, 0) is 19.9 Å². The van der Waals surface area contributed by atoms with E-state index in [2.05, 4.69) is 6.07 Å². The van der Waals surface area contributed by atoms with Crippen LogP contribution in [0.4, 0.5) is 0 Å². The van der Waals surface area contributed by atoms with Crippen molar-refractivity contribution in [2.45, 2.75) is 20.4 Å². The third kappa shape index (κ3) is 1.87. The van der Waals surface area contributed by atoms with Crippen molar-refractivity contribution in [1.29, 1.82) is 0 Å². The number of hydrogen-bond donors (Lipinski definition) is 0. The number of aryl methyl sites for hydroxylation is 1. The van der Waals surface area contributed by atoms with E-state index < -0.39 is 0 Å². The highest BCUT2D eigenvalue weighted by molar-refractivity contribution is 5.15. The summed E-state index contributed by atoms with van der Waals surface area (Å²) in [5.41, 5.74) is -0.136. The average Bonchev–Trinajstić information content (AvgIpc) is 2.05. The van der Waals surface area contributed by atoms with E-state index in [0.717, 1.165) is 0 Å². The number of pyridine rings is 1. The van der Waals surface area contributed by atoms with Crippen molar-refractivity contribution in [3.63, 3.8) is 0 Å². The quantitative estimate of drug-likeness (QED) is 0.672. The lowest BCUT2D eigenvalue weighted by atomic mass is 10.4. The summed E-state index contributed by atoms with van der Waals surface area (Å²) in [6.07, 6.45) is 1.71. The first-order chi connectivity index (χ1) is 5.77. The van der Waals surface area contributed by atoms with Crippen LogP contribution >= 0.6 is 0 Å².